The lowest BCUT2D eigenvalue weighted by Crippen LogP contribution is -1.95. The van der Waals surface area contributed by atoms with Crippen molar-refractivity contribution in [2.45, 2.75) is 229 Å². The SMILES string of the molecule is Br.CCCCCCCCCCCCCCCCC=C(C)C(=O)O.CCCCP(CCCC)CCCC.CCCCP(CCCC)CCCC. The minimum absolute atomic E-state index is 0. The molecule has 0 rings (SSSR count). The molecule has 5 heteroatoms. The average molecular weight is 796 g/mol. The van der Waals surface area contributed by atoms with E-state index in [1.807, 2.05) is 6.08 Å². The van der Waals surface area contributed by atoms with E-state index in [1.165, 1.54) is 161 Å². The van der Waals surface area contributed by atoms with Crippen LogP contribution < -0.4 is 0 Å². The highest BCUT2D eigenvalue weighted by Gasteiger charge is 2.06. The van der Waals surface area contributed by atoms with Crippen LogP contribution in [0, 0.1) is 0 Å². The number of aliphatic carboxylic acids is 1. The molecule has 0 heterocycles. The molecule has 0 aliphatic heterocycles. The van der Waals surface area contributed by atoms with Crippen molar-refractivity contribution in [3.05, 3.63) is 11.6 Å². The van der Waals surface area contributed by atoms with Crippen LogP contribution in [-0.4, -0.2) is 48.0 Å². The summed E-state index contributed by atoms with van der Waals surface area (Å²) in [7, 11) is 0.843. The number of unbranched alkanes of at least 4 members (excludes halogenated alkanes) is 20. The fourth-order valence-electron chi connectivity index (χ4n) is 5.71. The van der Waals surface area contributed by atoms with E-state index < -0.39 is 5.97 Å². The second-order valence-electron chi connectivity index (χ2n) is 14.4. The van der Waals surface area contributed by atoms with Crippen LogP contribution in [-0.2, 0) is 4.79 Å². The Hall–Kier alpha value is 0.550. The summed E-state index contributed by atoms with van der Waals surface area (Å²) in [6, 6.07) is 0. The summed E-state index contributed by atoms with van der Waals surface area (Å²) in [5.74, 6) is -0.787. The van der Waals surface area contributed by atoms with Gasteiger partial charge in [0.15, 0.2) is 0 Å². The highest BCUT2D eigenvalue weighted by Crippen LogP contribution is 2.39. The molecule has 0 fully saturated rings. The van der Waals surface area contributed by atoms with Gasteiger partial charge >= 0.3 is 5.97 Å². The van der Waals surface area contributed by atoms with E-state index in [2.05, 4.69) is 48.5 Å². The topological polar surface area (TPSA) is 37.3 Å². The standard InChI is InChI=1S/C20H38O2.2C12H27P.BrH/c1-3-4-5-6-7-8-9-10-11-12-13-14-15-16-17-18-19(2)20(21)22;2*1-4-7-10-13(11-8-5-2)12-9-6-3;/h18H,3-17H2,1-2H3,(H,21,22);2*4-12H2,1-3H3;1H. The highest BCUT2D eigenvalue weighted by molar-refractivity contribution is 8.93. The van der Waals surface area contributed by atoms with Gasteiger partial charge in [-0.1, -0.05) is 177 Å². The predicted octanol–water partition coefficient (Wildman–Crippen LogP) is 17.2. The molecule has 0 aromatic rings. The molecular formula is C44H93BrO2P2. The van der Waals surface area contributed by atoms with Gasteiger partial charge in [-0.25, -0.2) is 4.79 Å². The Balaban J connectivity index is -0.000000325. The van der Waals surface area contributed by atoms with Gasteiger partial charge in [0.2, 0.25) is 0 Å². The molecule has 0 atom stereocenters. The van der Waals surface area contributed by atoms with E-state index in [0.717, 1.165) is 12.8 Å². The quantitative estimate of drug-likeness (QED) is 0.0400. The molecule has 298 valence electrons. The van der Waals surface area contributed by atoms with E-state index in [-0.39, 0.29) is 17.0 Å². The fraction of sp³-hybridized carbons (Fsp3) is 0.932. The third-order valence-corrected chi connectivity index (χ3v) is 15.0. The summed E-state index contributed by atoms with van der Waals surface area (Å²) in [6.07, 6.45) is 48.3. The molecule has 0 aromatic heterocycles. The number of rotatable bonds is 34. The largest absolute Gasteiger partial charge is 0.478 e. The first-order valence-electron chi connectivity index (χ1n) is 21.7. The fourth-order valence-corrected chi connectivity index (χ4v) is 11.6. The maximum atomic E-state index is 10.6. The third-order valence-electron chi connectivity index (χ3n) is 9.31. The van der Waals surface area contributed by atoms with E-state index in [0.29, 0.717) is 21.4 Å². The van der Waals surface area contributed by atoms with Gasteiger partial charge in [0.25, 0.3) is 0 Å². The molecule has 1 N–H and O–H groups in total. The van der Waals surface area contributed by atoms with Crippen molar-refractivity contribution in [1.29, 1.82) is 0 Å². The number of halogens is 1. The van der Waals surface area contributed by atoms with E-state index in [4.69, 9.17) is 5.11 Å². The Bertz CT molecular complexity index is 566. The summed E-state index contributed by atoms with van der Waals surface area (Å²) < 4.78 is 0. The van der Waals surface area contributed by atoms with E-state index >= 15 is 0 Å². The van der Waals surface area contributed by atoms with E-state index in [1.54, 1.807) is 43.9 Å². The Kier molecular flexibility index (Phi) is 58.2. The van der Waals surface area contributed by atoms with Gasteiger partial charge < -0.3 is 5.11 Å². The number of hydrogen-bond donors (Lipinski definition) is 1. The lowest BCUT2D eigenvalue weighted by atomic mass is 10.0. The van der Waals surface area contributed by atoms with Crippen LogP contribution in [0.4, 0.5) is 0 Å². The number of carbonyl (C=O) groups is 1. The van der Waals surface area contributed by atoms with Gasteiger partial charge in [-0.05, 0) is 95.3 Å². The molecule has 0 amide bonds. The number of hydrogen-bond acceptors (Lipinski definition) is 1. The Labute approximate surface area is 324 Å². The number of allylic oxidation sites excluding steroid dienone is 1. The number of carboxylic acids is 1. The summed E-state index contributed by atoms with van der Waals surface area (Å²) >= 11 is 0. The molecule has 0 aliphatic rings. The lowest BCUT2D eigenvalue weighted by Gasteiger charge is -2.16. The van der Waals surface area contributed by atoms with Crippen molar-refractivity contribution in [2.75, 3.05) is 37.0 Å². The Morgan fingerprint density at radius 3 is 0.857 bits per heavy atom. The molecule has 0 saturated heterocycles. The molecule has 2 nitrogen and oxygen atoms in total. The van der Waals surface area contributed by atoms with Crippen molar-refractivity contribution in [1.82, 2.24) is 0 Å². The second kappa shape index (κ2) is 50.7. The summed E-state index contributed by atoms with van der Waals surface area (Å²) in [5, 5.41) is 8.73. The minimum atomic E-state index is -0.787. The van der Waals surface area contributed by atoms with Gasteiger partial charge in [0.05, 0.1) is 0 Å². The van der Waals surface area contributed by atoms with Crippen LogP contribution in [0.1, 0.15) is 229 Å². The molecule has 0 saturated carbocycles. The van der Waals surface area contributed by atoms with Gasteiger partial charge in [-0.15, -0.1) is 32.8 Å². The summed E-state index contributed by atoms with van der Waals surface area (Å²) in [6.45, 7) is 17.8. The normalized spacial score (nSPS) is 11.2. The van der Waals surface area contributed by atoms with Crippen LogP contribution in [0.25, 0.3) is 0 Å². The van der Waals surface area contributed by atoms with Crippen LogP contribution in [0.5, 0.6) is 0 Å². The zero-order valence-corrected chi connectivity index (χ0v) is 38.6. The van der Waals surface area contributed by atoms with Gasteiger partial charge in [0.1, 0.15) is 0 Å². The molecular weight excluding hydrogens is 702 g/mol. The van der Waals surface area contributed by atoms with Crippen molar-refractivity contribution < 1.29 is 9.90 Å². The average Bonchev–Trinajstić information content (AvgIpc) is 3.09. The highest BCUT2D eigenvalue weighted by atomic mass is 79.9. The smallest absolute Gasteiger partial charge is 0.330 e. The molecule has 0 bridgehead atoms. The van der Waals surface area contributed by atoms with Crippen LogP contribution in [0.15, 0.2) is 11.6 Å². The molecule has 0 unspecified atom stereocenters. The monoisotopic (exact) mass is 795 g/mol. The maximum Gasteiger partial charge on any atom is 0.330 e. The van der Waals surface area contributed by atoms with Crippen LogP contribution in [0.3, 0.4) is 0 Å². The first-order chi connectivity index (χ1) is 23.4. The zero-order valence-electron chi connectivity index (χ0n) is 35.1. The summed E-state index contributed by atoms with van der Waals surface area (Å²) in [4.78, 5) is 10.6. The minimum Gasteiger partial charge on any atom is -0.478 e. The molecule has 0 spiro atoms. The molecule has 0 aliphatic carbocycles. The first kappa shape index (κ1) is 56.3. The van der Waals surface area contributed by atoms with Crippen LogP contribution in [0.2, 0.25) is 0 Å². The summed E-state index contributed by atoms with van der Waals surface area (Å²) in [5.41, 5.74) is 0.481. The first-order valence-corrected chi connectivity index (χ1v) is 25.5. The van der Waals surface area contributed by atoms with Gasteiger partial charge in [0, 0.05) is 5.57 Å². The third kappa shape index (κ3) is 50.7. The van der Waals surface area contributed by atoms with E-state index in [9.17, 15) is 4.79 Å². The molecule has 49 heavy (non-hydrogen) atoms. The van der Waals surface area contributed by atoms with Crippen LogP contribution >= 0.6 is 32.8 Å². The van der Waals surface area contributed by atoms with Crippen molar-refractivity contribution in [3.8, 4) is 0 Å². The Morgan fingerprint density at radius 2 is 0.633 bits per heavy atom. The number of carboxylic acid groups (broad SMARTS) is 1. The van der Waals surface area contributed by atoms with Gasteiger partial charge in [-0.3, -0.25) is 0 Å². The van der Waals surface area contributed by atoms with Crippen molar-refractivity contribution in [2.24, 2.45) is 0 Å². The van der Waals surface area contributed by atoms with Crippen molar-refractivity contribution in [3.63, 3.8) is 0 Å². The second-order valence-corrected chi connectivity index (χ2v) is 19.7. The van der Waals surface area contributed by atoms with Crippen molar-refractivity contribution >= 4 is 38.8 Å². The lowest BCUT2D eigenvalue weighted by molar-refractivity contribution is -0.132. The Morgan fingerprint density at radius 1 is 0.408 bits per heavy atom. The predicted molar refractivity (Wildman–Crippen MR) is 239 cm³/mol. The van der Waals surface area contributed by atoms with Gasteiger partial charge in [-0.2, -0.15) is 0 Å². The molecule has 0 aromatic carbocycles. The molecule has 0 radical (unpaired) electrons. The maximum absolute atomic E-state index is 10.6. The zero-order chi connectivity index (χ0) is 36.4.